The molecule has 1 aromatic carbocycles. The number of benzene rings is 1. The molecular formula is C16H22FNO2. The Morgan fingerprint density at radius 3 is 2.75 bits per heavy atom. The minimum Gasteiger partial charge on any atom is -0.389 e. The molecule has 0 spiro atoms. The Hall–Kier alpha value is -1.42. The molecule has 0 saturated heterocycles. The van der Waals surface area contributed by atoms with E-state index in [0.29, 0.717) is 12.0 Å². The van der Waals surface area contributed by atoms with Crippen LogP contribution in [0, 0.1) is 5.82 Å². The van der Waals surface area contributed by atoms with Crippen LogP contribution in [0.15, 0.2) is 24.3 Å². The van der Waals surface area contributed by atoms with Crippen molar-refractivity contribution in [2.75, 3.05) is 14.1 Å². The Bertz CT molecular complexity index is 489. The first kappa shape index (κ1) is 15.0. The van der Waals surface area contributed by atoms with Crippen molar-refractivity contribution in [1.82, 2.24) is 4.90 Å². The molecule has 1 fully saturated rings. The summed E-state index contributed by atoms with van der Waals surface area (Å²) in [5, 5.41) is 10.9. The van der Waals surface area contributed by atoms with Crippen LogP contribution >= 0.6 is 0 Å². The summed E-state index contributed by atoms with van der Waals surface area (Å²) in [5.74, 6) is -0.716. The van der Waals surface area contributed by atoms with Gasteiger partial charge >= 0.3 is 0 Å². The van der Waals surface area contributed by atoms with Crippen molar-refractivity contribution < 1.29 is 14.3 Å². The van der Waals surface area contributed by atoms with Crippen molar-refractivity contribution in [2.45, 2.75) is 43.6 Å². The highest BCUT2D eigenvalue weighted by Crippen LogP contribution is 2.43. The molecule has 0 heterocycles. The summed E-state index contributed by atoms with van der Waals surface area (Å²) < 4.78 is 14.0. The van der Waals surface area contributed by atoms with Crippen LogP contribution in [0.3, 0.4) is 0 Å². The predicted octanol–water partition coefficient (Wildman–Crippen LogP) is 2.69. The average Bonchev–Trinajstić information content (AvgIpc) is 2.40. The quantitative estimate of drug-likeness (QED) is 0.924. The molecule has 2 atom stereocenters. The van der Waals surface area contributed by atoms with E-state index in [2.05, 4.69) is 0 Å². The Balaban J connectivity index is 2.29. The molecular weight excluding hydrogens is 257 g/mol. The molecule has 0 radical (unpaired) electrons. The standard InChI is InChI=1S/C16H22FNO2/c1-18(2)15(19)11-16(20)10-6-5-8-13(16)12-7-3-4-9-14(12)17/h3-4,7,9,13,20H,5-6,8,10-11H2,1-2H3/t13-,16+/m0/s1. The van der Waals surface area contributed by atoms with Crippen LogP contribution in [0.4, 0.5) is 4.39 Å². The van der Waals surface area contributed by atoms with Gasteiger partial charge in [-0.05, 0) is 24.5 Å². The lowest BCUT2D eigenvalue weighted by Crippen LogP contribution is -2.43. The number of nitrogens with zero attached hydrogens (tertiary/aromatic N) is 1. The van der Waals surface area contributed by atoms with Gasteiger partial charge in [0.15, 0.2) is 0 Å². The van der Waals surface area contributed by atoms with Crippen molar-refractivity contribution in [3.63, 3.8) is 0 Å². The molecule has 1 aromatic rings. The molecule has 3 nitrogen and oxygen atoms in total. The van der Waals surface area contributed by atoms with Gasteiger partial charge in [0, 0.05) is 20.0 Å². The Labute approximate surface area is 119 Å². The molecule has 0 bridgehead atoms. The second kappa shape index (κ2) is 5.92. The Morgan fingerprint density at radius 2 is 2.10 bits per heavy atom. The van der Waals surface area contributed by atoms with Gasteiger partial charge < -0.3 is 10.0 Å². The van der Waals surface area contributed by atoms with Crippen molar-refractivity contribution in [3.05, 3.63) is 35.6 Å². The maximum absolute atomic E-state index is 14.0. The van der Waals surface area contributed by atoms with Crippen LogP contribution in [0.25, 0.3) is 0 Å². The second-order valence-electron chi connectivity index (χ2n) is 5.89. The normalized spacial score (nSPS) is 26.3. The minimum atomic E-state index is -1.14. The van der Waals surface area contributed by atoms with E-state index in [4.69, 9.17) is 0 Å². The zero-order chi connectivity index (χ0) is 14.8. The minimum absolute atomic E-state index is 0.0546. The molecule has 20 heavy (non-hydrogen) atoms. The monoisotopic (exact) mass is 279 g/mol. The third-order valence-corrected chi connectivity index (χ3v) is 4.24. The van der Waals surface area contributed by atoms with Crippen molar-refractivity contribution in [3.8, 4) is 0 Å². The molecule has 1 amide bonds. The first-order valence-corrected chi connectivity index (χ1v) is 7.11. The summed E-state index contributed by atoms with van der Waals surface area (Å²) in [6.07, 6.45) is 3.16. The van der Waals surface area contributed by atoms with Gasteiger partial charge in [-0.2, -0.15) is 0 Å². The number of carbonyl (C=O) groups is 1. The topological polar surface area (TPSA) is 40.5 Å². The van der Waals surface area contributed by atoms with Crippen LogP contribution < -0.4 is 0 Å². The summed E-state index contributed by atoms with van der Waals surface area (Å²) in [6, 6.07) is 6.56. The first-order chi connectivity index (χ1) is 9.44. The molecule has 0 unspecified atom stereocenters. The Morgan fingerprint density at radius 1 is 1.40 bits per heavy atom. The number of aliphatic hydroxyl groups is 1. The number of hydrogen-bond acceptors (Lipinski definition) is 2. The van der Waals surface area contributed by atoms with Gasteiger partial charge in [-0.3, -0.25) is 4.79 Å². The highest BCUT2D eigenvalue weighted by atomic mass is 19.1. The van der Waals surface area contributed by atoms with E-state index < -0.39 is 5.60 Å². The molecule has 2 rings (SSSR count). The van der Waals surface area contributed by atoms with Crippen LogP contribution in [-0.4, -0.2) is 35.6 Å². The van der Waals surface area contributed by atoms with Crippen LogP contribution in [0.2, 0.25) is 0 Å². The van der Waals surface area contributed by atoms with E-state index >= 15 is 0 Å². The molecule has 1 aliphatic rings. The van der Waals surface area contributed by atoms with Gasteiger partial charge in [0.2, 0.25) is 5.91 Å². The van der Waals surface area contributed by atoms with Gasteiger partial charge in [0.25, 0.3) is 0 Å². The third kappa shape index (κ3) is 3.01. The largest absolute Gasteiger partial charge is 0.389 e. The second-order valence-corrected chi connectivity index (χ2v) is 5.89. The van der Waals surface area contributed by atoms with E-state index in [0.717, 1.165) is 19.3 Å². The number of rotatable bonds is 3. The lowest BCUT2D eigenvalue weighted by atomic mass is 9.70. The number of amides is 1. The summed E-state index contributed by atoms with van der Waals surface area (Å²) in [4.78, 5) is 13.4. The fraction of sp³-hybridized carbons (Fsp3) is 0.562. The molecule has 1 saturated carbocycles. The van der Waals surface area contributed by atoms with Crippen LogP contribution in [-0.2, 0) is 4.79 Å². The summed E-state index contributed by atoms with van der Waals surface area (Å²) in [5.41, 5.74) is -0.608. The fourth-order valence-corrected chi connectivity index (χ4v) is 3.06. The third-order valence-electron chi connectivity index (χ3n) is 4.24. The number of halogens is 1. The number of hydrogen-bond donors (Lipinski definition) is 1. The Kier molecular flexibility index (Phi) is 4.43. The highest BCUT2D eigenvalue weighted by molar-refractivity contribution is 5.76. The lowest BCUT2D eigenvalue weighted by Gasteiger charge is -2.40. The van der Waals surface area contributed by atoms with E-state index in [1.165, 1.54) is 11.0 Å². The van der Waals surface area contributed by atoms with Crippen molar-refractivity contribution in [2.24, 2.45) is 0 Å². The van der Waals surface area contributed by atoms with Crippen molar-refractivity contribution >= 4 is 5.91 Å². The zero-order valence-electron chi connectivity index (χ0n) is 12.1. The van der Waals surface area contributed by atoms with Gasteiger partial charge in [-0.25, -0.2) is 4.39 Å². The van der Waals surface area contributed by atoms with Gasteiger partial charge in [-0.1, -0.05) is 31.0 Å². The average molecular weight is 279 g/mol. The molecule has 0 aromatic heterocycles. The molecule has 1 N–H and O–H groups in total. The van der Waals surface area contributed by atoms with Gasteiger partial charge in [0.05, 0.1) is 12.0 Å². The molecule has 1 aliphatic carbocycles. The maximum atomic E-state index is 14.0. The molecule has 0 aliphatic heterocycles. The summed E-state index contributed by atoms with van der Waals surface area (Å²) in [6.45, 7) is 0. The van der Waals surface area contributed by atoms with Gasteiger partial charge in [0.1, 0.15) is 5.82 Å². The van der Waals surface area contributed by atoms with E-state index in [1.807, 2.05) is 0 Å². The van der Waals surface area contributed by atoms with E-state index in [9.17, 15) is 14.3 Å². The summed E-state index contributed by atoms with van der Waals surface area (Å²) in [7, 11) is 3.35. The lowest BCUT2D eigenvalue weighted by molar-refractivity contribution is -0.136. The zero-order valence-corrected chi connectivity index (χ0v) is 12.1. The predicted molar refractivity (Wildman–Crippen MR) is 75.9 cm³/mol. The van der Waals surface area contributed by atoms with Crippen LogP contribution in [0.1, 0.15) is 43.6 Å². The molecule has 4 heteroatoms. The van der Waals surface area contributed by atoms with Gasteiger partial charge in [-0.15, -0.1) is 0 Å². The smallest absolute Gasteiger partial charge is 0.224 e. The highest BCUT2D eigenvalue weighted by Gasteiger charge is 2.42. The van der Waals surface area contributed by atoms with Crippen molar-refractivity contribution in [1.29, 1.82) is 0 Å². The SMILES string of the molecule is CN(C)C(=O)C[C@]1(O)CCCC[C@H]1c1ccccc1F. The first-order valence-electron chi connectivity index (χ1n) is 7.11. The molecule has 110 valence electrons. The summed E-state index contributed by atoms with van der Waals surface area (Å²) >= 11 is 0. The van der Waals surface area contributed by atoms with E-state index in [1.54, 1.807) is 32.3 Å². The maximum Gasteiger partial charge on any atom is 0.224 e. The van der Waals surface area contributed by atoms with Crippen LogP contribution in [0.5, 0.6) is 0 Å². The number of carbonyl (C=O) groups excluding carboxylic acids is 1. The fourth-order valence-electron chi connectivity index (χ4n) is 3.06. The van der Waals surface area contributed by atoms with E-state index in [-0.39, 0.29) is 24.1 Å².